The maximum absolute atomic E-state index is 13.2. The zero-order valence-electron chi connectivity index (χ0n) is 16.3. The van der Waals surface area contributed by atoms with Crippen molar-refractivity contribution in [3.8, 4) is 5.75 Å². The number of hydrogen-bond acceptors (Lipinski definition) is 8. The third-order valence-electron chi connectivity index (χ3n) is 4.61. The second-order valence-corrected chi connectivity index (χ2v) is 6.93. The SMILES string of the molecule is Oc1cccc(/C=N\Nc2nc(Nc3ccc(F)cc3)nc(N3CCCCC3)n2)c1. The van der Waals surface area contributed by atoms with Crippen LogP contribution in [0.5, 0.6) is 5.75 Å². The Kier molecular flexibility index (Phi) is 5.98. The van der Waals surface area contributed by atoms with Crippen LogP contribution in [0.25, 0.3) is 0 Å². The van der Waals surface area contributed by atoms with Crippen molar-refractivity contribution >= 4 is 29.7 Å². The minimum atomic E-state index is -0.311. The topological polar surface area (TPSA) is 98.6 Å². The summed E-state index contributed by atoms with van der Waals surface area (Å²) in [6, 6.07) is 12.7. The first-order chi connectivity index (χ1) is 14.7. The van der Waals surface area contributed by atoms with Crippen molar-refractivity contribution in [2.24, 2.45) is 5.10 Å². The highest BCUT2D eigenvalue weighted by molar-refractivity contribution is 5.80. The maximum atomic E-state index is 13.2. The minimum Gasteiger partial charge on any atom is -0.508 e. The number of phenolic OH excluding ortho intramolecular Hbond substituents is 1. The predicted molar refractivity (Wildman–Crippen MR) is 115 cm³/mol. The first-order valence-corrected chi connectivity index (χ1v) is 9.77. The van der Waals surface area contributed by atoms with E-state index >= 15 is 0 Å². The molecule has 0 bridgehead atoms. The Morgan fingerprint density at radius 3 is 2.50 bits per heavy atom. The molecule has 1 aliphatic rings. The molecule has 2 aromatic carbocycles. The van der Waals surface area contributed by atoms with Gasteiger partial charge in [0.25, 0.3) is 0 Å². The molecule has 0 radical (unpaired) electrons. The van der Waals surface area contributed by atoms with E-state index in [1.54, 1.807) is 36.5 Å². The lowest BCUT2D eigenvalue weighted by Crippen LogP contribution is -2.31. The van der Waals surface area contributed by atoms with Gasteiger partial charge in [-0.1, -0.05) is 12.1 Å². The number of phenols is 1. The van der Waals surface area contributed by atoms with Gasteiger partial charge in [-0.15, -0.1) is 0 Å². The van der Waals surface area contributed by atoms with Crippen molar-refractivity contribution < 1.29 is 9.50 Å². The molecule has 3 aromatic rings. The van der Waals surface area contributed by atoms with E-state index in [-0.39, 0.29) is 17.5 Å². The first-order valence-electron chi connectivity index (χ1n) is 9.77. The molecule has 2 heterocycles. The molecule has 1 aromatic heterocycles. The van der Waals surface area contributed by atoms with Crippen LogP contribution < -0.4 is 15.6 Å². The van der Waals surface area contributed by atoms with Gasteiger partial charge in [0.15, 0.2) is 0 Å². The summed E-state index contributed by atoms with van der Waals surface area (Å²) in [5.74, 6) is 1.04. The number of hydrogen-bond donors (Lipinski definition) is 3. The van der Waals surface area contributed by atoms with E-state index in [9.17, 15) is 9.50 Å². The number of aromatic hydroxyl groups is 1. The van der Waals surface area contributed by atoms with E-state index in [1.165, 1.54) is 18.6 Å². The van der Waals surface area contributed by atoms with Gasteiger partial charge >= 0.3 is 0 Å². The molecule has 0 saturated carbocycles. The van der Waals surface area contributed by atoms with Crippen molar-refractivity contribution in [2.75, 3.05) is 28.7 Å². The van der Waals surface area contributed by atoms with Crippen LogP contribution in [0, 0.1) is 5.82 Å². The maximum Gasteiger partial charge on any atom is 0.250 e. The molecule has 1 aliphatic heterocycles. The Balaban J connectivity index is 1.56. The molecule has 1 fully saturated rings. The van der Waals surface area contributed by atoms with Gasteiger partial charge in [-0.3, -0.25) is 0 Å². The highest BCUT2D eigenvalue weighted by Crippen LogP contribution is 2.21. The van der Waals surface area contributed by atoms with Crippen molar-refractivity contribution in [2.45, 2.75) is 19.3 Å². The monoisotopic (exact) mass is 407 g/mol. The largest absolute Gasteiger partial charge is 0.508 e. The molecule has 0 aliphatic carbocycles. The molecule has 154 valence electrons. The molecular formula is C21H22FN7O. The standard InChI is InChI=1S/C21H22FN7O/c22-16-7-9-17(10-8-16)24-19-25-20(27-21(26-19)29-11-2-1-3-12-29)28-23-14-15-5-4-6-18(30)13-15/h4-10,13-14,30H,1-3,11-12H2,(H2,24,25,26,27,28)/b23-14-. The number of halogens is 1. The minimum absolute atomic E-state index is 0.164. The normalized spacial score (nSPS) is 14.1. The highest BCUT2D eigenvalue weighted by atomic mass is 19.1. The fourth-order valence-corrected chi connectivity index (χ4v) is 3.14. The second kappa shape index (κ2) is 9.17. The predicted octanol–water partition coefficient (Wildman–Crippen LogP) is 3.90. The number of anilines is 4. The van der Waals surface area contributed by atoms with E-state index < -0.39 is 0 Å². The smallest absolute Gasteiger partial charge is 0.250 e. The number of nitrogens with zero attached hydrogens (tertiary/aromatic N) is 5. The summed E-state index contributed by atoms with van der Waals surface area (Å²) < 4.78 is 13.2. The summed E-state index contributed by atoms with van der Waals surface area (Å²) in [6.45, 7) is 1.76. The van der Waals surface area contributed by atoms with Crippen LogP contribution in [0.3, 0.4) is 0 Å². The number of benzene rings is 2. The molecule has 3 N–H and O–H groups in total. The van der Waals surface area contributed by atoms with Crippen LogP contribution in [-0.2, 0) is 0 Å². The van der Waals surface area contributed by atoms with Crippen molar-refractivity contribution in [3.63, 3.8) is 0 Å². The Morgan fingerprint density at radius 1 is 0.967 bits per heavy atom. The lowest BCUT2D eigenvalue weighted by Gasteiger charge is -2.26. The van der Waals surface area contributed by atoms with E-state index in [4.69, 9.17) is 0 Å². The van der Waals surface area contributed by atoms with Crippen LogP contribution in [0.15, 0.2) is 53.6 Å². The number of aromatic nitrogens is 3. The molecule has 0 spiro atoms. The Bertz CT molecular complexity index is 1020. The van der Waals surface area contributed by atoms with Crippen molar-refractivity contribution in [1.29, 1.82) is 0 Å². The summed E-state index contributed by atoms with van der Waals surface area (Å²) in [6.07, 6.45) is 4.94. The molecule has 8 nitrogen and oxygen atoms in total. The van der Waals surface area contributed by atoms with Gasteiger partial charge in [0.1, 0.15) is 11.6 Å². The molecule has 30 heavy (non-hydrogen) atoms. The zero-order chi connectivity index (χ0) is 20.8. The average molecular weight is 407 g/mol. The third kappa shape index (κ3) is 5.19. The molecule has 4 rings (SSSR count). The van der Waals surface area contributed by atoms with E-state index in [1.807, 2.05) is 6.07 Å². The summed E-state index contributed by atoms with van der Waals surface area (Å²) in [7, 11) is 0. The van der Waals surface area contributed by atoms with E-state index in [0.29, 0.717) is 17.6 Å². The number of rotatable bonds is 6. The van der Waals surface area contributed by atoms with Crippen LogP contribution >= 0.6 is 0 Å². The average Bonchev–Trinajstić information content (AvgIpc) is 2.76. The van der Waals surface area contributed by atoms with Crippen LogP contribution in [0.4, 0.5) is 27.9 Å². The Labute approximate surface area is 173 Å². The van der Waals surface area contributed by atoms with Gasteiger partial charge in [0, 0.05) is 18.8 Å². The van der Waals surface area contributed by atoms with Gasteiger partial charge in [0.05, 0.1) is 6.21 Å². The summed E-state index contributed by atoms with van der Waals surface area (Å²) in [5.41, 5.74) is 4.23. The first kappa shape index (κ1) is 19.6. The van der Waals surface area contributed by atoms with E-state index in [2.05, 4.69) is 35.7 Å². The molecule has 9 heteroatoms. The number of piperidine rings is 1. The van der Waals surface area contributed by atoms with Gasteiger partial charge in [0.2, 0.25) is 17.8 Å². The quantitative estimate of drug-likeness (QED) is 0.421. The lowest BCUT2D eigenvalue weighted by atomic mass is 10.1. The number of hydrazone groups is 1. The van der Waals surface area contributed by atoms with Gasteiger partial charge < -0.3 is 15.3 Å². The fourth-order valence-electron chi connectivity index (χ4n) is 3.14. The molecule has 1 saturated heterocycles. The molecule has 0 amide bonds. The fraction of sp³-hybridized carbons (Fsp3) is 0.238. The van der Waals surface area contributed by atoms with Crippen molar-refractivity contribution in [1.82, 2.24) is 15.0 Å². The third-order valence-corrected chi connectivity index (χ3v) is 4.61. The zero-order valence-corrected chi connectivity index (χ0v) is 16.3. The summed E-state index contributed by atoms with van der Waals surface area (Å²) in [4.78, 5) is 15.5. The Hall–Kier alpha value is -3.75. The van der Waals surface area contributed by atoms with Crippen LogP contribution in [0.2, 0.25) is 0 Å². The summed E-state index contributed by atoms with van der Waals surface area (Å²) in [5, 5.41) is 16.8. The molecule has 0 atom stereocenters. The summed E-state index contributed by atoms with van der Waals surface area (Å²) >= 11 is 0. The highest BCUT2D eigenvalue weighted by Gasteiger charge is 2.16. The Morgan fingerprint density at radius 2 is 1.73 bits per heavy atom. The van der Waals surface area contributed by atoms with Gasteiger partial charge in [-0.05, 0) is 61.2 Å². The van der Waals surface area contributed by atoms with E-state index in [0.717, 1.165) is 31.5 Å². The second-order valence-electron chi connectivity index (χ2n) is 6.93. The lowest BCUT2D eigenvalue weighted by molar-refractivity contribution is 0.475. The van der Waals surface area contributed by atoms with Crippen LogP contribution in [0.1, 0.15) is 24.8 Å². The van der Waals surface area contributed by atoms with Gasteiger partial charge in [-0.25, -0.2) is 9.82 Å². The van der Waals surface area contributed by atoms with Crippen LogP contribution in [-0.4, -0.2) is 39.4 Å². The van der Waals surface area contributed by atoms with Gasteiger partial charge in [-0.2, -0.15) is 20.1 Å². The molecule has 0 unspecified atom stereocenters. The van der Waals surface area contributed by atoms with Crippen molar-refractivity contribution in [3.05, 3.63) is 59.9 Å². The number of nitrogens with one attached hydrogen (secondary N) is 2. The molecular weight excluding hydrogens is 385 g/mol.